The number of thioether (sulfide) groups is 1. The largest absolute Gasteiger partial charge is 0.357 e. The molecule has 0 saturated carbocycles. The molecule has 0 aromatic rings. The second-order valence-corrected chi connectivity index (χ2v) is 2.69. The van der Waals surface area contributed by atoms with Crippen LogP contribution in [-0.2, 0) is 0 Å². The Labute approximate surface area is 40.2 Å². The zero-order chi connectivity index (χ0) is 4.62. The first-order valence-electron chi connectivity index (χ1n) is 1.79. The maximum Gasteiger partial charge on any atom is 0.213 e. The van der Waals surface area contributed by atoms with Gasteiger partial charge in [-0.05, 0) is 0 Å². The summed E-state index contributed by atoms with van der Waals surface area (Å²) in [5.74, 6) is 0.882. The molecular formula is C3H6O2S. The molecule has 0 aliphatic carbocycles. The minimum atomic E-state index is -1.36. The maximum atomic E-state index is 8.43. The highest BCUT2D eigenvalue weighted by molar-refractivity contribution is 8.01. The molecule has 6 heavy (non-hydrogen) atoms. The van der Waals surface area contributed by atoms with Gasteiger partial charge in [0, 0.05) is 12.2 Å². The van der Waals surface area contributed by atoms with Gasteiger partial charge in [0.15, 0.2) is 0 Å². The van der Waals surface area contributed by atoms with Gasteiger partial charge in [-0.1, -0.05) is 11.8 Å². The Kier molecular flexibility index (Phi) is 0.825. The highest BCUT2D eigenvalue weighted by Crippen LogP contribution is 2.34. The molecule has 1 rings (SSSR count). The molecule has 3 heteroatoms. The number of hydrogen-bond donors (Lipinski definition) is 2. The van der Waals surface area contributed by atoms with E-state index in [2.05, 4.69) is 0 Å². The zero-order valence-electron chi connectivity index (χ0n) is 3.22. The van der Waals surface area contributed by atoms with Crippen molar-refractivity contribution in [1.82, 2.24) is 0 Å². The van der Waals surface area contributed by atoms with E-state index in [4.69, 9.17) is 10.2 Å². The molecule has 1 fully saturated rings. The van der Waals surface area contributed by atoms with E-state index in [-0.39, 0.29) is 0 Å². The fourth-order valence-electron chi connectivity index (χ4n) is 0.285. The zero-order valence-corrected chi connectivity index (χ0v) is 4.03. The van der Waals surface area contributed by atoms with Crippen LogP contribution < -0.4 is 0 Å². The van der Waals surface area contributed by atoms with Gasteiger partial charge >= 0.3 is 0 Å². The molecule has 0 unspecified atom stereocenters. The van der Waals surface area contributed by atoms with E-state index in [1.165, 1.54) is 11.8 Å². The highest BCUT2D eigenvalue weighted by atomic mass is 32.2. The number of rotatable bonds is 0. The highest BCUT2D eigenvalue weighted by Gasteiger charge is 2.31. The monoisotopic (exact) mass is 106 g/mol. The normalized spacial score (nSPS) is 29.0. The summed E-state index contributed by atoms with van der Waals surface area (Å²) in [4.78, 5) is 0. The van der Waals surface area contributed by atoms with Crippen LogP contribution in [-0.4, -0.2) is 21.1 Å². The Hall–Kier alpha value is 0.270. The Balaban J connectivity index is 2.31. The minimum Gasteiger partial charge on any atom is -0.357 e. The smallest absolute Gasteiger partial charge is 0.213 e. The maximum absolute atomic E-state index is 8.43. The predicted octanol–water partition coefficient (Wildman–Crippen LogP) is -0.238. The molecule has 0 aromatic heterocycles. The first kappa shape index (κ1) is 4.43. The lowest BCUT2D eigenvalue weighted by Crippen LogP contribution is -2.32. The van der Waals surface area contributed by atoms with E-state index < -0.39 is 5.12 Å². The second-order valence-electron chi connectivity index (χ2n) is 1.34. The van der Waals surface area contributed by atoms with Gasteiger partial charge in [-0.2, -0.15) is 0 Å². The summed E-state index contributed by atoms with van der Waals surface area (Å²) < 4.78 is 0. The Morgan fingerprint density at radius 1 is 1.50 bits per heavy atom. The molecule has 1 aliphatic rings. The third kappa shape index (κ3) is 0.668. The first-order valence-corrected chi connectivity index (χ1v) is 2.78. The van der Waals surface area contributed by atoms with Gasteiger partial charge in [-0.3, -0.25) is 0 Å². The molecular weight excluding hydrogens is 100 g/mol. The summed E-state index contributed by atoms with van der Waals surface area (Å²) in [5, 5.41) is 15.5. The van der Waals surface area contributed by atoms with E-state index in [0.29, 0.717) is 6.42 Å². The number of aliphatic hydroxyl groups is 2. The molecule has 0 bridgehead atoms. The molecule has 0 atom stereocenters. The van der Waals surface area contributed by atoms with Crippen LogP contribution in [0, 0.1) is 0 Å². The molecule has 2 N–H and O–H groups in total. The Morgan fingerprint density at radius 2 is 1.83 bits per heavy atom. The van der Waals surface area contributed by atoms with Gasteiger partial charge in [0.25, 0.3) is 0 Å². The summed E-state index contributed by atoms with van der Waals surface area (Å²) in [6.07, 6.45) is 0.525. The van der Waals surface area contributed by atoms with Crippen LogP contribution in [0.5, 0.6) is 0 Å². The van der Waals surface area contributed by atoms with Crippen molar-refractivity contribution in [3.63, 3.8) is 0 Å². The SMILES string of the molecule is OC1(O)CCS1. The van der Waals surface area contributed by atoms with Crippen molar-refractivity contribution in [2.24, 2.45) is 0 Å². The van der Waals surface area contributed by atoms with Gasteiger partial charge in [0.2, 0.25) is 5.12 Å². The molecule has 36 valence electrons. The Bertz CT molecular complexity index is 55.8. The average Bonchev–Trinajstić information content (AvgIpc) is 1.32. The van der Waals surface area contributed by atoms with Crippen molar-refractivity contribution < 1.29 is 10.2 Å². The van der Waals surface area contributed by atoms with Crippen LogP contribution in [0.3, 0.4) is 0 Å². The van der Waals surface area contributed by atoms with Crippen LogP contribution >= 0.6 is 11.8 Å². The van der Waals surface area contributed by atoms with Crippen LogP contribution in [0.15, 0.2) is 0 Å². The summed E-state index contributed by atoms with van der Waals surface area (Å²) in [7, 11) is 0. The van der Waals surface area contributed by atoms with Crippen LogP contribution in [0.1, 0.15) is 6.42 Å². The second kappa shape index (κ2) is 1.12. The van der Waals surface area contributed by atoms with Gasteiger partial charge in [0.1, 0.15) is 0 Å². The summed E-state index contributed by atoms with van der Waals surface area (Å²) in [6, 6.07) is 0. The van der Waals surface area contributed by atoms with Gasteiger partial charge in [-0.25, -0.2) is 0 Å². The molecule has 1 aliphatic heterocycles. The van der Waals surface area contributed by atoms with Crippen molar-refractivity contribution in [2.75, 3.05) is 5.75 Å². The molecule has 0 radical (unpaired) electrons. The van der Waals surface area contributed by atoms with Crippen LogP contribution in [0.2, 0.25) is 0 Å². The number of hydrogen-bond acceptors (Lipinski definition) is 3. The lowest BCUT2D eigenvalue weighted by molar-refractivity contribution is -0.0881. The minimum absolute atomic E-state index is 0.525. The van der Waals surface area contributed by atoms with E-state index in [0.717, 1.165) is 5.75 Å². The standard InChI is InChI=1S/C3H6O2S/c4-3(5)1-2-6-3/h4-5H,1-2H2. The van der Waals surface area contributed by atoms with Crippen molar-refractivity contribution in [3.8, 4) is 0 Å². The summed E-state index contributed by atoms with van der Waals surface area (Å²) >= 11 is 1.17. The van der Waals surface area contributed by atoms with E-state index >= 15 is 0 Å². The topological polar surface area (TPSA) is 40.5 Å². The summed E-state index contributed by atoms with van der Waals surface area (Å²) in [6.45, 7) is 0. The lowest BCUT2D eigenvalue weighted by atomic mass is 10.4. The quantitative estimate of drug-likeness (QED) is 0.419. The van der Waals surface area contributed by atoms with Crippen molar-refractivity contribution >= 4 is 11.8 Å². The predicted molar refractivity (Wildman–Crippen MR) is 24.2 cm³/mol. The van der Waals surface area contributed by atoms with Gasteiger partial charge < -0.3 is 10.2 Å². The molecule has 1 saturated heterocycles. The van der Waals surface area contributed by atoms with Gasteiger partial charge in [0.05, 0.1) is 0 Å². The van der Waals surface area contributed by atoms with Crippen molar-refractivity contribution in [1.29, 1.82) is 0 Å². The van der Waals surface area contributed by atoms with E-state index in [9.17, 15) is 0 Å². The fraction of sp³-hybridized carbons (Fsp3) is 1.00. The van der Waals surface area contributed by atoms with Crippen LogP contribution in [0.4, 0.5) is 0 Å². The first-order chi connectivity index (χ1) is 2.71. The molecule has 0 spiro atoms. The lowest BCUT2D eigenvalue weighted by Gasteiger charge is -2.28. The molecule has 2 nitrogen and oxygen atoms in total. The van der Waals surface area contributed by atoms with E-state index in [1.54, 1.807) is 0 Å². The summed E-state index contributed by atoms with van der Waals surface area (Å²) in [5.41, 5.74) is 0. The molecule has 1 heterocycles. The third-order valence-corrected chi connectivity index (χ3v) is 1.84. The van der Waals surface area contributed by atoms with Crippen molar-refractivity contribution in [2.45, 2.75) is 11.5 Å². The fourth-order valence-corrected chi connectivity index (χ4v) is 0.854. The van der Waals surface area contributed by atoms with Gasteiger partial charge in [-0.15, -0.1) is 0 Å². The average molecular weight is 106 g/mol. The van der Waals surface area contributed by atoms with Crippen molar-refractivity contribution in [3.05, 3.63) is 0 Å². The Morgan fingerprint density at radius 3 is 1.83 bits per heavy atom. The molecule has 0 aromatic carbocycles. The molecule has 0 amide bonds. The third-order valence-electron chi connectivity index (χ3n) is 0.761. The van der Waals surface area contributed by atoms with Crippen LogP contribution in [0.25, 0.3) is 0 Å². The van der Waals surface area contributed by atoms with E-state index in [1.807, 2.05) is 0 Å².